The van der Waals surface area contributed by atoms with Gasteiger partial charge < -0.3 is 8.62 Å². The summed E-state index contributed by atoms with van der Waals surface area (Å²) >= 11 is 0.497. The first kappa shape index (κ1) is 7.75. The lowest BCUT2D eigenvalue weighted by Gasteiger charge is -2.12. The van der Waals surface area contributed by atoms with Gasteiger partial charge in [-0.2, -0.15) is 0 Å². The summed E-state index contributed by atoms with van der Waals surface area (Å²) in [7, 11) is 0. The van der Waals surface area contributed by atoms with Crippen LogP contribution in [-0.4, -0.2) is 44.4 Å². The Bertz CT molecular complexity index is 310. The Hall–Kier alpha value is -0.628. The molecule has 0 aromatic heterocycles. The highest BCUT2D eigenvalue weighted by Gasteiger charge is 2.58. The van der Waals surface area contributed by atoms with E-state index in [0.717, 1.165) is 0 Å². The Morgan fingerprint density at radius 1 is 1.15 bits per heavy atom. The first-order chi connectivity index (χ1) is 6.20. The van der Waals surface area contributed by atoms with Crippen LogP contribution < -0.4 is 0 Å². The van der Waals surface area contributed by atoms with E-state index in [1.54, 1.807) is 0 Å². The molecule has 0 aliphatic carbocycles. The highest BCUT2D eigenvalue weighted by molar-refractivity contribution is 6.28. The quantitative estimate of drug-likeness (QED) is 0.266. The molecule has 2 saturated heterocycles. The van der Waals surface area contributed by atoms with Crippen LogP contribution in [0.3, 0.4) is 0 Å². The number of hydrogen-bond acceptors (Lipinski definition) is 3. The van der Waals surface area contributed by atoms with Crippen LogP contribution in [0, 0.1) is 11.8 Å². The smallest absolute Gasteiger partial charge is 0.379 e. The molecular weight excluding hydrogens is 185 g/mol. The topological polar surface area (TPSA) is 46.6 Å². The number of carbonyl (C=O) groups is 2. The molecule has 3 aliphatic heterocycles. The standard InChI is InChI=1S/C8H7NO3.Al.2H/c10-7-5-3-1-2-4(12-3)6(5)8(11)9-7;;;/h1-6H,(H,9,10,11);;;/q;+1;;/p-1. The van der Waals surface area contributed by atoms with Gasteiger partial charge in [0.15, 0.2) is 0 Å². The molecule has 13 heavy (non-hydrogen) atoms. The summed E-state index contributed by atoms with van der Waals surface area (Å²) in [4.78, 5) is 23.2. The number of amides is 2. The van der Waals surface area contributed by atoms with Crippen LogP contribution in [0.2, 0.25) is 0 Å². The van der Waals surface area contributed by atoms with E-state index in [0.29, 0.717) is 16.5 Å². The lowest BCUT2D eigenvalue weighted by atomic mass is 9.85. The predicted molar refractivity (Wildman–Crippen MR) is 45.2 cm³/mol. The molecule has 66 valence electrons. The molecule has 2 fully saturated rings. The van der Waals surface area contributed by atoms with Crippen molar-refractivity contribution in [3.05, 3.63) is 12.2 Å². The molecule has 2 bridgehead atoms. The van der Waals surface area contributed by atoms with Crippen LogP contribution in [0.25, 0.3) is 0 Å². The number of carbonyl (C=O) groups excluding carboxylic acids is 2. The van der Waals surface area contributed by atoms with Gasteiger partial charge in [-0.15, -0.1) is 0 Å². The second-order valence-electron chi connectivity index (χ2n) is 3.74. The zero-order valence-electron chi connectivity index (χ0n) is 7.14. The van der Waals surface area contributed by atoms with Gasteiger partial charge in [-0.1, -0.05) is 12.2 Å². The van der Waals surface area contributed by atoms with Gasteiger partial charge in [0.1, 0.15) is 0 Å². The summed E-state index contributed by atoms with van der Waals surface area (Å²) in [6.07, 6.45) is 3.53. The molecule has 3 rings (SSSR count). The fourth-order valence-corrected chi connectivity index (χ4v) is 3.05. The van der Waals surface area contributed by atoms with E-state index in [4.69, 9.17) is 4.74 Å². The fraction of sp³-hybridized carbons (Fsp3) is 0.500. The minimum Gasteiger partial charge on any atom is -0.385 e. The lowest BCUT2D eigenvalue weighted by Crippen LogP contribution is -2.31. The van der Waals surface area contributed by atoms with Crippen molar-refractivity contribution in [3.63, 3.8) is 0 Å². The number of ether oxygens (including phenoxy) is 1. The van der Waals surface area contributed by atoms with Gasteiger partial charge >= 0.3 is 16.5 Å². The van der Waals surface area contributed by atoms with Crippen LogP contribution in [0.4, 0.5) is 0 Å². The second-order valence-corrected chi connectivity index (χ2v) is 4.63. The Morgan fingerprint density at radius 2 is 1.62 bits per heavy atom. The van der Waals surface area contributed by atoms with Crippen molar-refractivity contribution in [2.24, 2.45) is 11.8 Å². The molecule has 4 unspecified atom stereocenters. The van der Waals surface area contributed by atoms with Gasteiger partial charge in [0.2, 0.25) is 11.8 Å². The Labute approximate surface area is 83.2 Å². The van der Waals surface area contributed by atoms with E-state index >= 15 is 0 Å². The molecule has 4 nitrogen and oxygen atoms in total. The van der Waals surface area contributed by atoms with Gasteiger partial charge in [0, 0.05) is 0 Å². The van der Waals surface area contributed by atoms with Gasteiger partial charge in [-0.3, -0.25) is 9.59 Å². The molecule has 5 heteroatoms. The minimum atomic E-state index is -0.208. The van der Waals surface area contributed by atoms with Crippen molar-refractivity contribution < 1.29 is 14.3 Å². The summed E-state index contributed by atoms with van der Waals surface area (Å²) in [5, 5.41) is 0. The van der Waals surface area contributed by atoms with Gasteiger partial charge in [-0.25, -0.2) is 0 Å². The molecule has 0 saturated carbocycles. The maximum absolute atomic E-state index is 11.6. The largest absolute Gasteiger partial charge is 0.385 e. The fourth-order valence-electron chi connectivity index (χ4n) is 2.45. The molecule has 0 N–H and O–H groups in total. The number of hydrogen-bond donors (Lipinski definition) is 0. The number of fused-ring (bicyclic) bond motifs is 5. The average Bonchev–Trinajstić information content (AvgIpc) is 2.76. The van der Waals surface area contributed by atoms with Crippen molar-refractivity contribution in [1.82, 2.24) is 3.88 Å². The van der Waals surface area contributed by atoms with E-state index in [1.165, 1.54) is 3.88 Å². The van der Waals surface area contributed by atoms with Crippen molar-refractivity contribution in [3.8, 4) is 0 Å². The number of rotatable bonds is 0. The molecule has 0 radical (unpaired) electrons. The molecule has 0 aromatic carbocycles. The maximum Gasteiger partial charge on any atom is 0.379 e. The monoisotopic (exact) mass is 193 g/mol. The first-order valence-electron chi connectivity index (χ1n) is 4.35. The van der Waals surface area contributed by atoms with Crippen LogP contribution in [0.5, 0.6) is 0 Å². The zero-order valence-corrected chi connectivity index (χ0v) is 9.14. The van der Waals surface area contributed by atoms with Crippen LogP contribution in [-0.2, 0) is 14.3 Å². The summed E-state index contributed by atoms with van der Waals surface area (Å²) in [6, 6.07) is 0. The van der Waals surface area contributed by atoms with Crippen LogP contribution >= 0.6 is 0 Å². The van der Waals surface area contributed by atoms with Gasteiger partial charge in [0.05, 0.1) is 24.0 Å². The maximum atomic E-state index is 11.6. The van der Waals surface area contributed by atoms with E-state index < -0.39 is 0 Å². The summed E-state index contributed by atoms with van der Waals surface area (Å²) < 4.78 is 6.83. The van der Waals surface area contributed by atoms with E-state index in [-0.39, 0.29) is 35.9 Å². The molecule has 3 heterocycles. The van der Waals surface area contributed by atoms with Crippen LogP contribution in [0.15, 0.2) is 12.2 Å². The molecule has 0 spiro atoms. The van der Waals surface area contributed by atoms with Crippen molar-refractivity contribution in [2.75, 3.05) is 0 Å². The van der Waals surface area contributed by atoms with Crippen molar-refractivity contribution in [2.45, 2.75) is 12.2 Å². The second kappa shape index (κ2) is 2.24. The Morgan fingerprint density at radius 3 is 2.08 bits per heavy atom. The summed E-state index contributed by atoms with van der Waals surface area (Å²) in [5.74, 6) is -0.475. The number of nitrogens with zero attached hydrogens (tertiary/aromatic N) is 1. The molecule has 2 amide bonds. The highest BCUT2D eigenvalue weighted by Crippen LogP contribution is 2.44. The minimum absolute atomic E-state index is 0.0292. The molecule has 0 aromatic rings. The van der Waals surface area contributed by atoms with Gasteiger partial charge in [-0.05, 0) is 0 Å². The molecule has 4 atom stereocenters. The van der Waals surface area contributed by atoms with Crippen molar-refractivity contribution in [1.29, 1.82) is 0 Å². The highest BCUT2D eigenvalue weighted by atomic mass is 27.1. The predicted octanol–water partition coefficient (Wildman–Crippen LogP) is -1.53. The zero-order chi connectivity index (χ0) is 9.16. The SMILES string of the molecule is O=C1C2C3C=CC(O3)C2C(=O)[N]1[AlH2]. The summed E-state index contributed by atoms with van der Waals surface area (Å²) in [5.41, 5.74) is 0. The molecule has 3 aliphatic rings. The van der Waals surface area contributed by atoms with E-state index in [9.17, 15) is 9.59 Å². The first-order valence-corrected chi connectivity index (χ1v) is 5.25. The average molecular weight is 193 g/mol. The van der Waals surface area contributed by atoms with E-state index in [2.05, 4.69) is 0 Å². The Kier molecular flexibility index (Phi) is 1.33. The number of imide groups is 1. The normalized spacial score (nSPS) is 46.3. The third kappa shape index (κ3) is 0.755. The van der Waals surface area contributed by atoms with E-state index in [1.807, 2.05) is 12.2 Å². The van der Waals surface area contributed by atoms with Crippen molar-refractivity contribution >= 4 is 28.3 Å². The summed E-state index contributed by atoms with van der Waals surface area (Å²) in [6.45, 7) is 0. The third-order valence-electron chi connectivity index (χ3n) is 3.13. The lowest BCUT2D eigenvalue weighted by molar-refractivity contribution is -0.136. The third-order valence-corrected chi connectivity index (χ3v) is 4.01. The Balaban J connectivity index is 2.08. The van der Waals surface area contributed by atoms with Crippen LogP contribution in [0.1, 0.15) is 0 Å². The van der Waals surface area contributed by atoms with Gasteiger partial charge in [0.25, 0.3) is 0 Å². The molecular formula is C8H8AlNO3.